The van der Waals surface area contributed by atoms with Gasteiger partial charge in [-0.3, -0.25) is 9.59 Å². The number of hydrogen-bond donors (Lipinski definition) is 1. The fourth-order valence-corrected chi connectivity index (χ4v) is 3.00. The summed E-state index contributed by atoms with van der Waals surface area (Å²) >= 11 is 0. The highest BCUT2D eigenvalue weighted by Gasteiger charge is 2.30. The molecule has 132 valence electrons. The maximum absolute atomic E-state index is 12.5. The van der Waals surface area contributed by atoms with Gasteiger partial charge in [0.1, 0.15) is 0 Å². The number of nitrogens with one attached hydrogen (secondary N) is 1. The van der Waals surface area contributed by atoms with Crippen molar-refractivity contribution in [1.29, 1.82) is 0 Å². The van der Waals surface area contributed by atoms with Gasteiger partial charge in [-0.05, 0) is 37.1 Å². The summed E-state index contributed by atoms with van der Waals surface area (Å²) in [5.74, 6) is -0.372. The fourth-order valence-electron chi connectivity index (χ4n) is 3.00. The van der Waals surface area contributed by atoms with Gasteiger partial charge in [-0.15, -0.1) is 0 Å². The fraction of sp³-hybridized carbons (Fsp3) is 0.529. The summed E-state index contributed by atoms with van der Waals surface area (Å²) in [7, 11) is 0. The number of amides is 2. The summed E-state index contributed by atoms with van der Waals surface area (Å²) in [5.41, 5.74) is -0.451. The second-order valence-electron chi connectivity index (χ2n) is 6.02. The lowest BCUT2D eigenvalue weighted by Crippen LogP contribution is -2.39. The lowest BCUT2D eigenvalue weighted by Gasteiger charge is -2.27. The van der Waals surface area contributed by atoms with E-state index in [1.165, 1.54) is 19.1 Å². The molecule has 0 radical (unpaired) electrons. The molecule has 1 N–H and O–H groups in total. The van der Waals surface area contributed by atoms with Crippen LogP contribution in [0.25, 0.3) is 0 Å². The number of benzene rings is 1. The van der Waals surface area contributed by atoms with Crippen LogP contribution >= 0.6 is 0 Å². The van der Waals surface area contributed by atoms with Gasteiger partial charge in [0.05, 0.1) is 5.56 Å². The zero-order chi connectivity index (χ0) is 17.7. The Kier molecular flexibility index (Phi) is 5.85. The van der Waals surface area contributed by atoms with E-state index in [0.29, 0.717) is 12.2 Å². The third-order valence-corrected chi connectivity index (χ3v) is 4.25. The summed E-state index contributed by atoms with van der Waals surface area (Å²) in [4.78, 5) is 25.4. The Hall–Kier alpha value is -2.05. The number of carbonyl (C=O) groups excluding carboxylic acids is 2. The maximum Gasteiger partial charge on any atom is 0.416 e. The Labute approximate surface area is 139 Å². The van der Waals surface area contributed by atoms with E-state index < -0.39 is 11.7 Å². The summed E-state index contributed by atoms with van der Waals surface area (Å²) in [6.45, 7) is 1.82. The predicted molar refractivity (Wildman–Crippen MR) is 84.3 cm³/mol. The van der Waals surface area contributed by atoms with Crippen molar-refractivity contribution in [2.24, 2.45) is 0 Å². The number of nitrogens with zero attached hydrogens (tertiary/aromatic N) is 1. The predicted octanol–water partition coefficient (Wildman–Crippen LogP) is 3.83. The normalized spacial score (nSPS) is 15.3. The molecule has 0 aromatic heterocycles. The van der Waals surface area contributed by atoms with E-state index in [0.717, 1.165) is 37.8 Å². The van der Waals surface area contributed by atoms with Gasteiger partial charge >= 0.3 is 6.18 Å². The van der Waals surface area contributed by atoms with Crippen molar-refractivity contribution in [3.8, 4) is 0 Å². The highest BCUT2D eigenvalue weighted by molar-refractivity contribution is 5.91. The number of rotatable bonds is 5. The van der Waals surface area contributed by atoms with Gasteiger partial charge in [0, 0.05) is 31.6 Å². The summed E-state index contributed by atoms with van der Waals surface area (Å²) in [6, 6.07) is 4.49. The summed E-state index contributed by atoms with van der Waals surface area (Å²) in [6.07, 6.45) is -0.179. The standard InChI is InChI=1S/C17H21F3N2O2/c1-12(23)22(15-4-2-3-5-15)11-10-16(24)21-14-8-6-13(7-9-14)17(18,19)20/h6-9,15H,2-5,10-11H2,1H3,(H,21,24). The van der Waals surface area contributed by atoms with Crippen molar-refractivity contribution < 1.29 is 22.8 Å². The van der Waals surface area contributed by atoms with Crippen LogP contribution in [-0.2, 0) is 15.8 Å². The van der Waals surface area contributed by atoms with E-state index >= 15 is 0 Å². The van der Waals surface area contributed by atoms with E-state index in [1.807, 2.05) is 0 Å². The van der Waals surface area contributed by atoms with Gasteiger partial charge in [-0.1, -0.05) is 12.8 Å². The third kappa shape index (κ3) is 4.97. The molecule has 0 saturated heterocycles. The quantitative estimate of drug-likeness (QED) is 0.884. The highest BCUT2D eigenvalue weighted by Crippen LogP contribution is 2.29. The Morgan fingerprint density at radius 1 is 1.17 bits per heavy atom. The lowest BCUT2D eigenvalue weighted by atomic mass is 10.2. The largest absolute Gasteiger partial charge is 0.416 e. The molecule has 1 aliphatic rings. The van der Waals surface area contributed by atoms with Crippen LogP contribution in [0.15, 0.2) is 24.3 Å². The molecule has 7 heteroatoms. The molecule has 1 aromatic carbocycles. The first-order valence-corrected chi connectivity index (χ1v) is 8.01. The Morgan fingerprint density at radius 3 is 2.25 bits per heavy atom. The molecule has 1 saturated carbocycles. The Morgan fingerprint density at radius 2 is 1.75 bits per heavy atom. The van der Waals surface area contributed by atoms with Crippen LogP contribution in [0.4, 0.5) is 18.9 Å². The number of hydrogen-bond acceptors (Lipinski definition) is 2. The van der Waals surface area contributed by atoms with Gasteiger partial charge in [0.15, 0.2) is 0 Å². The summed E-state index contributed by atoms with van der Waals surface area (Å²) in [5, 5.41) is 2.56. The van der Waals surface area contributed by atoms with E-state index in [4.69, 9.17) is 0 Å². The first-order chi connectivity index (χ1) is 11.3. The van der Waals surface area contributed by atoms with Crippen molar-refractivity contribution in [3.05, 3.63) is 29.8 Å². The molecule has 0 spiro atoms. The lowest BCUT2D eigenvalue weighted by molar-refractivity contribution is -0.137. The van der Waals surface area contributed by atoms with Gasteiger partial charge in [0.25, 0.3) is 0 Å². The number of alkyl halides is 3. The van der Waals surface area contributed by atoms with Gasteiger partial charge in [-0.25, -0.2) is 0 Å². The number of anilines is 1. The highest BCUT2D eigenvalue weighted by atomic mass is 19.4. The van der Waals surface area contributed by atoms with Gasteiger partial charge < -0.3 is 10.2 Å². The second kappa shape index (κ2) is 7.68. The number of carbonyl (C=O) groups is 2. The average Bonchev–Trinajstić information content (AvgIpc) is 3.00. The average molecular weight is 342 g/mol. The van der Waals surface area contributed by atoms with Crippen LogP contribution in [0.3, 0.4) is 0 Å². The molecule has 24 heavy (non-hydrogen) atoms. The minimum atomic E-state index is -4.40. The zero-order valence-corrected chi connectivity index (χ0v) is 13.5. The molecule has 1 aromatic rings. The SMILES string of the molecule is CC(=O)N(CCC(=O)Nc1ccc(C(F)(F)F)cc1)C1CCCC1. The van der Waals surface area contributed by atoms with Crippen LogP contribution in [0.2, 0.25) is 0 Å². The molecular weight excluding hydrogens is 321 g/mol. The molecule has 2 rings (SSSR count). The van der Waals surface area contributed by atoms with Crippen LogP contribution in [-0.4, -0.2) is 29.3 Å². The van der Waals surface area contributed by atoms with Crippen LogP contribution in [0.5, 0.6) is 0 Å². The van der Waals surface area contributed by atoms with E-state index in [-0.39, 0.29) is 24.3 Å². The molecule has 1 fully saturated rings. The molecular formula is C17H21F3N2O2. The minimum Gasteiger partial charge on any atom is -0.339 e. The van der Waals surface area contributed by atoms with Crippen molar-refractivity contribution >= 4 is 17.5 Å². The molecule has 4 nitrogen and oxygen atoms in total. The molecule has 0 unspecified atom stereocenters. The first-order valence-electron chi connectivity index (χ1n) is 8.01. The molecule has 0 aliphatic heterocycles. The van der Waals surface area contributed by atoms with Crippen LogP contribution < -0.4 is 5.32 Å². The van der Waals surface area contributed by atoms with Crippen molar-refractivity contribution in [3.63, 3.8) is 0 Å². The van der Waals surface area contributed by atoms with Crippen molar-refractivity contribution in [2.45, 2.75) is 51.2 Å². The maximum atomic E-state index is 12.5. The second-order valence-corrected chi connectivity index (χ2v) is 6.02. The minimum absolute atomic E-state index is 0.0516. The van der Waals surface area contributed by atoms with Crippen molar-refractivity contribution in [2.75, 3.05) is 11.9 Å². The molecule has 0 heterocycles. The zero-order valence-electron chi connectivity index (χ0n) is 13.5. The van der Waals surface area contributed by atoms with Crippen LogP contribution in [0.1, 0.15) is 44.6 Å². The summed E-state index contributed by atoms with van der Waals surface area (Å²) < 4.78 is 37.5. The first kappa shape index (κ1) is 18.3. The monoisotopic (exact) mass is 342 g/mol. The third-order valence-electron chi connectivity index (χ3n) is 4.25. The molecule has 2 amide bonds. The number of halogens is 3. The molecule has 0 bridgehead atoms. The van der Waals surface area contributed by atoms with Gasteiger partial charge in [-0.2, -0.15) is 13.2 Å². The van der Waals surface area contributed by atoms with Crippen molar-refractivity contribution in [1.82, 2.24) is 4.90 Å². The molecule has 1 aliphatic carbocycles. The van der Waals surface area contributed by atoms with Crippen LogP contribution in [0, 0.1) is 0 Å². The smallest absolute Gasteiger partial charge is 0.339 e. The molecule has 0 atom stereocenters. The van der Waals surface area contributed by atoms with E-state index in [9.17, 15) is 22.8 Å². The van der Waals surface area contributed by atoms with E-state index in [1.54, 1.807) is 4.90 Å². The Balaban J connectivity index is 1.87. The van der Waals surface area contributed by atoms with Gasteiger partial charge in [0.2, 0.25) is 11.8 Å². The topological polar surface area (TPSA) is 49.4 Å². The van der Waals surface area contributed by atoms with E-state index in [2.05, 4.69) is 5.32 Å². The Bertz CT molecular complexity index is 578.